The summed E-state index contributed by atoms with van der Waals surface area (Å²) < 4.78 is 1.80. The van der Waals surface area contributed by atoms with Crippen molar-refractivity contribution in [2.45, 2.75) is 44.7 Å². The summed E-state index contributed by atoms with van der Waals surface area (Å²) in [7, 11) is 0. The Morgan fingerprint density at radius 2 is 2.30 bits per heavy atom. The number of carbonyl (C=O) groups excluding carboxylic acids is 2. The Morgan fingerprint density at radius 1 is 1.45 bits per heavy atom. The van der Waals surface area contributed by atoms with Crippen molar-refractivity contribution in [3.05, 3.63) is 24.0 Å². The molecule has 1 N–H and O–H groups in total. The summed E-state index contributed by atoms with van der Waals surface area (Å²) in [5, 5.41) is 9.09. The Bertz CT molecular complexity index is 454. The second kappa shape index (κ2) is 7.24. The van der Waals surface area contributed by atoms with Crippen molar-refractivity contribution >= 4 is 12.2 Å². The van der Waals surface area contributed by atoms with Gasteiger partial charge in [0.1, 0.15) is 0 Å². The number of rotatable bonds is 6. The molecular weight excluding hydrogens is 256 g/mol. The van der Waals surface area contributed by atoms with Crippen LogP contribution in [0, 0.1) is 0 Å². The summed E-state index contributed by atoms with van der Waals surface area (Å²) in [4.78, 5) is 25.1. The van der Waals surface area contributed by atoms with Crippen LogP contribution in [0.2, 0.25) is 0 Å². The fourth-order valence-electron chi connectivity index (χ4n) is 2.88. The van der Waals surface area contributed by atoms with Crippen LogP contribution in [-0.2, 0) is 11.3 Å². The lowest BCUT2D eigenvalue weighted by atomic mass is 9.99. The maximum absolute atomic E-state index is 12.3. The largest absolute Gasteiger partial charge is 0.396 e. The van der Waals surface area contributed by atoms with Crippen LogP contribution in [0.1, 0.15) is 42.6 Å². The van der Waals surface area contributed by atoms with Gasteiger partial charge in [-0.2, -0.15) is 0 Å². The van der Waals surface area contributed by atoms with E-state index in [0.29, 0.717) is 25.1 Å². The summed E-state index contributed by atoms with van der Waals surface area (Å²) in [6, 6.07) is 3.73. The fraction of sp³-hybridized carbons (Fsp3) is 0.600. The number of aliphatic hydroxyl groups excluding tert-OH is 1. The minimum atomic E-state index is 0.119. The molecule has 1 atom stereocenters. The lowest BCUT2D eigenvalue weighted by molar-refractivity contribution is -0.135. The van der Waals surface area contributed by atoms with Crippen molar-refractivity contribution in [2.75, 3.05) is 13.2 Å². The molecule has 0 bridgehead atoms. The van der Waals surface area contributed by atoms with Crippen molar-refractivity contribution < 1.29 is 14.7 Å². The molecule has 0 aliphatic carbocycles. The van der Waals surface area contributed by atoms with Crippen molar-refractivity contribution in [2.24, 2.45) is 0 Å². The maximum atomic E-state index is 12.3. The lowest BCUT2D eigenvalue weighted by Gasteiger charge is -2.35. The quantitative estimate of drug-likeness (QED) is 0.801. The van der Waals surface area contributed by atoms with Crippen LogP contribution in [0.15, 0.2) is 18.3 Å². The number of carbonyl (C=O) groups is 2. The average Bonchev–Trinajstić information content (AvgIpc) is 2.93. The second-order valence-electron chi connectivity index (χ2n) is 5.24. The van der Waals surface area contributed by atoms with Crippen LogP contribution in [0.25, 0.3) is 0 Å². The van der Waals surface area contributed by atoms with Gasteiger partial charge in [-0.25, -0.2) is 0 Å². The molecule has 0 spiro atoms. The van der Waals surface area contributed by atoms with Crippen LogP contribution in [0.3, 0.4) is 0 Å². The van der Waals surface area contributed by atoms with Crippen LogP contribution >= 0.6 is 0 Å². The molecule has 5 nitrogen and oxygen atoms in total. The molecular formula is C15H22N2O3. The SMILES string of the molecule is O=Cc1cccn1CCC(=O)N1CCCCC1CCO. The Hall–Kier alpha value is -1.62. The zero-order valence-corrected chi connectivity index (χ0v) is 11.7. The molecule has 1 amide bonds. The summed E-state index contributed by atoms with van der Waals surface area (Å²) in [6.45, 7) is 1.44. The normalized spacial score (nSPS) is 19.1. The van der Waals surface area contributed by atoms with Gasteiger partial charge in [-0.05, 0) is 37.8 Å². The van der Waals surface area contributed by atoms with Gasteiger partial charge in [0.05, 0.1) is 5.69 Å². The summed E-state index contributed by atoms with van der Waals surface area (Å²) in [6.07, 6.45) is 6.83. The molecule has 1 aromatic heterocycles. The molecule has 1 fully saturated rings. The number of likely N-dealkylation sites (tertiary alicyclic amines) is 1. The maximum Gasteiger partial charge on any atom is 0.224 e. The van der Waals surface area contributed by atoms with Crippen LogP contribution in [-0.4, -0.2) is 46.0 Å². The van der Waals surface area contributed by atoms with E-state index in [2.05, 4.69) is 0 Å². The molecule has 0 radical (unpaired) electrons. The molecule has 5 heteroatoms. The summed E-state index contributed by atoms with van der Waals surface area (Å²) >= 11 is 0. The van der Waals surface area contributed by atoms with Crippen LogP contribution < -0.4 is 0 Å². The van der Waals surface area contributed by atoms with Gasteiger partial charge in [-0.1, -0.05) is 0 Å². The monoisotopic (exact) mass is 278 g/mol. The van der Waals surface area contributed by atoms with Crippen LogP contribution in [0.4, 0.5) is 0 Å². The highest BCUT2D eigenvalue weighted by Crippen LogP contribution is 2.20. The first kappa shape index (κ1) is 14.8. The van der Waals surface area contributed by atoms with E-state index >= 15 is 0 Å². The van der Waals surface area contributed by atoms with E-state index in [1.807, 2.05) is 17.2 Å². The molecule has 2 heterocycles. The number of aryl methyl sites for hydroxylation is 1. The van der Waals surface area contributed by atoms with E-state index in [1.54, 1.807) is 10.6 Å². The molecule has 0 saturated carbocycles. The molecule has 2 rings (SSSR count). The van der Waals surface area contributed by atoms with E-state index in [9.17, 15) is 9.59 Å². The standard InChI is InChI=1S/C15H22N2O3/c18-11-7-13-4-1-2-9-17(13)15(20)6-10-16-8-3-5-14(16)12-19/h3,5,8,12-13,18H,1-2,4,6-7,9-11H2. The zero-order chi connectivity index (χ0) is 14.4. The number of hydrogen-bond acceptors (Lipinski definition) is 3. The van der Waals surface area contributed by atoms with Crippen LogP contribution in [0.5, 0.6) is 0 Å². The van der Waals surface area contributed by atoms with E-state index in [1.165, 1.54) is 0 Å². The molecule has 0 aromatic carbocycles. The first-order chi connectivity index (χ1) is 9.76. The smallest absolute Gasteiger partial charge is 0.224 e. The molecule has 1 saturated heterocycles. The highest BCUT2D eigenvalue weighted by molar-refractivity contribution is 5.77. The molecule has 1 aliphatic rings. The number of aromatic nitrogens is 1. The highest BCUT2D eigenvalue weighted by Gasteiger charge is 2.25. The Labute approximate surface area is 119 Å². The highest BCUT2D eigenvalue weighted by atomic mass is 16.3. The summed E-state index contributed by atoms with van der Waals surface area (Å²) in [5.74, 6) is 0.119. The number of amides is 1. The first-order valence-electron chi connectivity index (χ1n) is 7.27. The van der Waals surface area contributed by atoms with E-state index < -0.39 is 0 Å². The Kier molecular flexibility index (Phi) is 5.35. The third-order valence-corrected chi connectivity index (χ3v) is 3.96. The van der Waals surface area contributed by atoms with Gasteiger partial charge in [0, 0.05) is 38.4 Å². The average molecular weight is 278 g/mol. The van der Waals surface area contributed by atoms with Crippen molar-refractivity contribution in [1.29, 1.82) is 0 Å². The number of aldehydes is 1. The van der Waals surface area contributed by atoms with E-state index in [-0.39, 0.29) is 18.6 Å². The van der Waals surface area contributed by atoms with Gasteiger partial charge in [0.15, 0.2) is 6.29 Å². The van der Waals surface area contributed by atoms with Gasteiger partial charge in [0.2, 0.25) is 5.91 Å². The van der Waals surface area contributed by atoms with Gasteiger partial charge in [0.25, 0.3) is 0 Å². The molecule has 1 aromatic rings. The molecule has 110 valence electrons. The van der Waals surface area contributed by atoms with Gasteiger partial charge < -0.3 is 14.6 Å². The molecule has 20 heavy (non-hydrogen) atoms. The topological polar surface area (TPSA) is 62.5 Å². The number of piperidine rings is 1. The van der Waals surface area contributed by atoms with Gasteiger partial charge in [-0.3, -0.25) is 9.59 Å². The summed E-state index contributed by atoms with van der Waals surface area (Å²) in [5.41, 5.74) is 0.600. The molecule has 1 unspecified atom stereocenters. The van der Waals surface area contributed by atoms with Crippen molar-refractivity contribution in [3.63, 3.8) is 0 Å². The van der Waals surface area contributed by atoms with E-state index in [4.69, 9.17) is 5.11 Å². The first-order valence-corrected chi connectivity index (χ1v) is 7.27. The number of nitrogens with zero attached hydrogens (tertiary/aromatic N) is 2. The predicted molar refractivity (Wildman–Crippen MR) is 75.5 cm³/mol. The van der Waals surface area contributed by atoms with Crippen molar-refractivity contribution in [3.8, 4) is 0 Å². The number of aliphatic hydroxyl groups is 1. The Morgan fingerprint density at radius 3 is 3.05 bits per heavy atom. The van der Waals surface area contributed by atoms with E-state index in [0.717, 1.165) is 32.1 Å². The lowest BCUT2D eigenvalue weighted by Crippen LogP contribution is -2.44. The van der Waals surface area contributed by atoms with Gasteiger partial charge >= 0.3 is 0 Å². The predicted octanol–water partition coefficient (Wildman–Crippen LogP) is 1.45. The third-order valence-electron chi connectivity index (χ3n) is 3.96. The zero-order valence-electron chi connectivity index (χ0n) is 11.7. The minimum absolute atomic E-state index is 0.119. The third kappa shape index (κ3) is 3.48. The second-order valence-corrected chi connectivity index (χ2v) is 5.24. The minimum Gasteiger partial charge on any atom is -0.396 e. The number of hydrogen-bond donors (Lipinski definition) is 1. The Balaban J connectivity index is 1.91. The molecule has 1 aliphatic heterocycles. The van der Waals surface area contributed by atoms with Crippen molar-refractivity contribution in [1.82, 2.24) is 9.47 Å². The van der Waals surface area contributed by atoms with Gasteiger partial charge in [-0.15, -0.1) is 0 Å². The fourth-order valence-corrected chi connectivity index (χ4v) is 2.88.